The van der Waals surface area contributed by atoms with Crippen molar-refractivity contribution in [1.82, 2.24) is 9.80 Å². The summed E-state index contributed by atoms with van der Waals surface area (Å²) in [5.74, 6) is -0.719. The van der Waals surface area contributed by atoms with Crippen molar-refractivity contribution in [1.29, 1.82) is 0 Å². The molecule has 1 aliphatic heterocycles. The van der Waals surface area contributed by atoms with Gasteiger partial charge in [0.15, 0.2) is 0 Å². The van der Waals surface area contributed by atoms with Crippen molar-refractivity contribution in [2.24, 2.45) is 5.41 Å². The molecule has 0 aliphatic carbocycles. The van der Waals surface area contributed by atoms with E-state index in [0.717, 1.165) is 0 Å². The lowest BCUT2D eigenvalue weighted by atomic mass is 9.90. The van der Waals surface area contributed by atoms with Gasteiger partial charge in [0.05, 0.1) is 12.0 Å². The van der Waals surface area contributed by atoms with Crippen LogP contribution in [0.4, 0.5) is 0 Å². The normalized spacial score (nSPS) is 25.7. The second-order valence-electron chi connectivity index (χ2n) is 4.73. The maximum atomic E-state index is 11.6. The number of nitrogens with zero attached hydrogens (tertiary/aromatic N) is 2. The van der Waals surface area contributed by atoms with Crippen LogP contribution in [0.15, 0.2) is 0 Å². The maximum Gasteiger partial charge on any atom is 0.310 e. The van der Waals surface area contributed by atoms with Gasteiger partial charge >= 0.3 is 5.97 Å². The van der Waals surface area contributed by atoms with E-state index in [1.54, 1.807) is 18.9 Å². The van der Waals surface area contributed by atoms with E-state index in [4.69, 9.17) is 5.11 Å². The minimum absolute atomic E-state index is 0.0529. The number of likely N-dealkylation sites (N-methyl/N-ethyl adjacent to an activating group) is 1. The van der Waals surface area contributed by atoms with Crippen molar-refractivity contribution in [2.75, 3.05) is 33.2 Å². The van der Waals surface area contributed by atoms with Crippen LogP contribution in [0.3, 0.4) is 0 Å². The summed E-state index contributed by atoms with van der Waals surface area (Å²) in [4.78, 5) is 26.2. The van der Waals surface area contributed by atoms with E-state index in [1.807, 2.05) is 11.8 Å². The second-order valence-corrected chi connectivity index (χ2v) is 4.73. The summed E-state index contributed by atoms with van der Waals surface area (Å²) >= 11 is 0. The number of carbonyl (C=O) groups excluding carboxylic acids is 1. The van der Waals surface area contributed by atoms with Crippen molar-refractivity contribution in [2.45, 2.75) is 20.3 Å². The van der Waals surface area contributed by atoms with Gasteiger partial charge in [-0.1, -0.05) is 0 Å². The van der Waals surface area contributed by atoms with Crippen molar-refractivity contribution in [3.63, 3.8) is 0 Å². The molecule has 0 aromatic heterocycles. The first kappa shape index (κ1) is 13.0. The lowest BCUT2D eigenvalue weighted by Gasteiger charge is -2.22. The van der Waals surface area contributed by atoms with Crippen molar-refractivity contribution < 1.29 is 14.7 Å². The highest BCUT2D eigenvalue weighted by Crippen LogP contribution is 2.29. The largest absolute Gasteiger partial charge is 0.481 e. The Morgan fingerprint density at radius 3 is 2.56 bits per heavy atom. The molecule has 1 atom stereocenters. The molecule has 1 fully saturated rings. The minimum atomic E-state index is -0.772. The van der Waals surface area contributed by atoms with Crippen LogP contribution in [0.1, 0.15) is 20.3 Å². The molecule has 1 amide bonds. The summed E-state index contributed by atoms with van der Waals surface area (Å²) < 4.78 is 0. The lowest BCUT2D eigenvalue weighted by Crippen LogP contribution is -2.39. The summed E-state index contributed by atoms with van der Waals surface area (Å²) in [7, 11) is 1.76. The van der Waals surface area contributed by atoms with Crippen LogP contribution in [0.25, 0.3) is 0 Å². The van der Waals surface area contributed by atoms with Crippen LogP contribution in [-0.4, -0.2) is 60.0 Å². The zero-order chi connectivity index (χ0) is 12.3. The van der Waals surface area contributed by atoms with Gasteiger partial charge in [-0.3, -0.25) is 14.5 Å². The number of carbonyl (C=O) groups is 2. The van der Waals surface area contributed by atoms with Crippen molar-refractivity contribution in [3.05, 3.63) is 0 Å². The van der Waals surface area contributed by atoms with Crippen LogP contribution in [-0.2, 0) is 9.59 Å². The minimum Gasteiger partial charge on any atom is -0.481 e. The van der Waals surface area contributed by atoms with Gasteiger partial charge in [-0.2, -0.15) is 0 Å². The summed E-state index contributed by atoms with van der Waals surface area (Å²) in [6.07, 6.45) is 0.617. The molecule has 1 unspecified atom stereocenters. The summed E-state index contributed by atoms with van der Waals surface area (Å²) in [5.41, 5.74) is -0.689. The Hall–Kier alpha value is -1.10. The molecule has 16 heavy (non-hydrogen) atoms. The van der Waals surface area contributed by atoms with E-state index in [1.165, 1.54) is 0 Å². The number of hydrogen-bond donors (Lipinski definition) is 1. The molecule has 0 radical (unpaired) electrons. The zero-order valence-corrected chi connectivity index (χ0v) is 10.2. The van der Waals surface area contributed by atoms with Crippen molar-refractivity contribution in [3.8, 4) is 0 Å². The Bertz CT molecular complexity index is 293. The number of amides is 1. The number of hydrogen-bond acceptors (Lipinski definition) is 3. The van der Waals surface area contributed by atoms with E-state index in [2.05, 4.69) is 0 Å². The average Bonchev–Trinajstić information content (AvgIpc) is 2.60. The Morgan fingerprint density at radius 1 is 1.50 bits per heavy atom. The fourth-order valence-electron chi connectivity index (χ4n) is 1.85. The molecule has 0 aromatic carbocycles. The Morgan fingerprint density at radius 2 is 2.12 bits per heavy atom. The molecule has 0 bridgehead atoms. The van der Waals surface area contributed by atoms with Gasteiger partial charge in [-0.05, 0) is 26.8 Å². The predicted molar refractivity (Wildman–Crippen MR) is 60.1 cm³/mol. The van der Waals surface area contributed by atoms with Crippen LogP contribution >= 0.6 is 0 Å². The van der Waals surface area contributed by atoms with Gasteiger partial charge in [0, 0.05) is 20.1 Å². The topological polar surface area (TPSA) is 60.9 Å². The highest BCUT2D eigenvalue weighted by molar-refractivity contribution is 5.78. The van der Waals surface area contributed by atoms with Gasteiger partial charge in [0.2, 0.25) is 5.91 Å². The van der Waals surface area contributed by atoms with E-state index in [-0.39, 0.29) is 5.91 Å². The first-order valence-electron chi connectivity index (χ1n) is 5.59. The summed E-state index contributed by atoms with van der Waals surface area (Å²) in [6, 6.07) is 0. The van der Waals surface area contributed by atoms with E-state index >= 15 is 0 Å². The Labute approximate surface area is 96.0 Å². The number of carboxylic acid groups (broad SMARTS) is 1. The van der Waals surface area contributed by atoms with E-state index in [9.17, 15) is 9.59 Å². The second kappa shape index (κ2) is 4.82. The maximum absolute atomic E-state index is 11.6. The summed E-state index contributed by atoms with van der Waals surface area (Å²) in [6.45, 7) is 5.82. The number of carboxylic acids is 1. The molecule has 0 saturated carbocycles. The molecule has 1 N–H and O–H groups in total. The van der Waals surface area contributed by atoms with Gasteiger partial charge in [0.1, 0.15) is 0 Å². The van der Waals surface area contributed by atoms with Gasteiger partial charge in [0.25, 0.3) is 0 Å². The lowest BCUT2D eigenvalue weighted by molar-refractivity contribution is -0.147. The molecule has 92 valence electrons. The van der Waals surface area contributed by atoms with E-state index in [0.29, 0.717) is 32.6 Å². The van der Waals surface area contributed by atoms with Crippen LogP contribution < -0.4 is 0 Å². The highest BCUT2D eigenvalue weighted by Gasteiger charge is 2.40. The SMILES string of the molecule is CCN(C)C(=O)CN1CCC(C)(C(=O)O)C1. The zero-order valence-electron chi connectivity index (χ0n) is 10.2. The van der Waals surface area contributed by atoms with Crippen LogP contribution in [0, 0.1) is 5.41 Å². The molecular weight excluding hydrogens is 208 g/mol. The quantitative estimate of drug-likeness (QED) is 0.750. The molecule has 0 spiro atoms. The van der Waals surface area contributed by atoms with Crippen molar-refractivity contribution >= 4 is 11.9 Å². The molecule has 1 saturated heterocycles. The van der Waals surface area contributed by atoms with Crippen LogP contribution in [0.5, 0.6) is 0 Å². The molecule has 1 aliphatic rings. The monoisotopic (exact) mass is 228 g/mol. The standard InChI is InChI=1S/C11H20N2O3/c1-4-12(3)9(14)7-13-6-5-11(2,8-13)10(15)16/h4-8H2,1-3H3,(H,15,16). The highest BCUT2D eigenvalue weighted by atomic mass is 16.4. The predicted octanol–water partition coefficient (Wildman–Crippen LogP) is 0.261. The first-order chi connectivity index (χ1) is 7.39. The Kier molecular flexibility index (Phi) is 3.91. The molecule has 0 aromatic rings. The number of aliphatic carboxylic acids is 1. The average molecular weight is 228 g/mol. The van der Waals surface area contributed by atoms with Gasteiger partial charge in [-0.25, -0.2) is 0 Å². The Balaban J connectivity index is 2.49. The molecule has 1 heterocycles. The molecular formula is C11H20N2O3. The van der Waals surface area contributed by atoms with Crippen LogP contribution in [0.2, 0.25) is 0 Å². The van der Waals surface area contributed by atoms with E-state index < -0.39 is 11.4 Å². The molecule has 5 heteroatoms. The molecule has 5 nitrogen and oxygen atoms in total. The fourth-order valence-corrected chi connectivity index (χ4v) is 1.85. The molecule has 1 rings (SSSR count). The number of likely N-dealkylation sites (tertiary alicyclic amines) is 1. The smallest absolute Gasteiger partial charge is 0.310 e. The third-order valence-electron chi connectivity index (χ3n) is 3.33. The first-order valence-corrected chi connectivity index (χ1v) is 5.59. The third kappa shape index (κ3) is 2.72. The summed E-state index contributed by atoms with van der Waals surface area (Å²) in [5, 5.41) is 9.06. The number of rotatable bonds is 4. The fraction of sp³-hybridized carbons (Fsp3) is 0.818. The third-order valence-corrected chi connectivity index (χ3v) is 3.33. The van der Waals surface area contributed by atoms with Gasteiger partial charge in [-0.15, -0.1) is 0 Å². The van der Waals surface area contributed by atoms with Gasteiger partial charge < -0.3 is 10.0 Å².